The Morgan fingerprint density at radius 3 is 2.67 bits per heavy atom. The lowest BCUT2D eigenvalue weighted by Crippen LogP contribution is -2.31. The monoisotopic (exact) mass is 204 g/mol. The van der Waals surface area contributed by atoms with Crippen LogP contribution in [-0.2, 0) is 4.79 Å². The molecule has 1 amide bonds. The van der Waals surface area contributed by atoms with E-state index >= 15 is 0 Å². The van der Waals surface area contributed by atoms with E-state index in [1.54, 1.807) is 7.05 Å². The van der Waals surface area contributed by atoms with E-state index in [0.29, 0.717) is 5.92 Å². The van der Waals surface area contributed by atoms with Crippen LogP contribution in [0.3, 0.4) is 0 Å². The summed E-state index contributed by atoms with van der Waals surface area (Å²) in [7, 11) is 1.76. The van der Waals surface area contributed by atoms with Crippen LogP contribution in [0.5, 0.6) is 0 Å². The molecule has 3 heteroatoms. The number of benzene rings is 1. The minimum absolute atomic E-state index is 0.314. The van der Waals surface area contributed by atoms with Gasteiger partial charge in [0.2, 0.25) is 5.91 Å². The van der Waals surface area contributed by atoms with Gasteiger partial charge < -0.3 is 11.1 Å². The third-order valence-electron chi connectivity index (χ3n) is 2.90. The van der Waals surface area contributed by atoms with Gasteiger partial charge >= 0.3 is 0 Å². The summed E-state index contributed by atoms with van der Waals surface area (Å²) in [5, 5.41) is 2.97. The molecule has 1 fully saturated rings. The summed E-state index contributed by atoms with van der Waals surface area (Å²) >= 11 is 0. The van der Waals surface area contributed by atoms with Gasteiger partial charge in [0, 0.05) is 0 Å². The van der Waals surface area contributed by atoms with Crippen molar-refractivity contribution in [1.82, 2.24) is 5.32 Å². The van der Waals surface area contributed by atoms with E-state index in [-0.39, 0.29) is 11.9 Å². The Morgan fingerprint density at radius 2 is 2.13 bits per heavy atom. The number of amides is 1. The molecule has 3 N–H and O–H groups in total. The summed E-state index contributed by atoms with van der Waals surface area (Å²) in [6.45, 7) is 0. The van der Waals surface area contributed by atoms with Crippen LogP contribution >= 0.6 is 0 Å². The van der Waals surface area contributed by atoms with Gasteiger partial charge in [-0.3, -0.25) is 4.79 Å². The molecule has 80 valence electrons. The molecule has 0 bridgehead atoms. The zero-order valence-corrected chi connectivity index (χ0v) is 8.86. The number of hydrogen-bond acceptors (Lipinski definition) is 2. The smallest absolute Gasteiger partial charge is 0.239 e. The molecular formula is C12H16N2O. The lowest BCUT2D eigenvalue weighted by molar-refractivity contribution is -0.120. The normalized spacial score (nSPS) is 17.4. The second kappa shape index (κ2) is 4.03. The zero-order valence-electron chi connectivity index (χ0n) is 8.86. The molecular weight excluding hydrogens is 188 g/mol. The Balaban J connectivity index is 2.36. The van der Waals surface area contributed by atoms with Gasteiger partial charge in [0.15, 0.2) is 0 Å². The fourth-order valence-corrected chi connectivity index (χ4v) is 1.99. The largest absolute Gasteiger partial charge is 0.368 e. The Morgan fingerprint density at radius 1 is 1.47 bits per heavy atom. The fraction of sp³-hybridized carbons (Fsp3) is 0.417. The van der Waals surface area contributed by atoms with Gasteiger partial charge in [-0.25, -0.2) is 0 Å². The van der Waals surface area contributed by atoms with Crippen LogP contribution < -0.4 is 11.1 Å². The molecule has 1 aromatic rings. The molecule has 1 aliphatic rings. The molecule has 1 aromatic carbocycles. The summed E-state index contributed by atoms with van der Waals surface area (Å²) in [4.78, 5) is 11.3. The van der Waals surface area contributed by atoms with Crippen molar-refractivity contribution < 1.29 is 4.79 Å². The first-order valence-corrected chi connectivity index (χ1v) is 5.29. The number of nitrogens with one attached hydrogen (secondary N) is 1. The van der Waals surface area contributed by atoms with Gasteiger partial charge in [-0.05, 0) is 36.9 Å². The molecule has 0 saturated heterocycles. The molecule has 3 nitrogen and oxygen atoms in total. The number of nitrogens with two attached hydrogens (primary N) is 1. The predicted molar refractivity (Wildman–Crippen MR) is 59.4 cm³/mol. The van der Waals surface area contributed by atoms with Crippen molar-refractivity contribution in [3.8, 4) is 0 Å². The van der Waals surface area contributed by atoms with E-state index in [4.69, 9.17) is 5.73 Å². The quantitative estimate of drug-likeness (QED) is 0.777. The molecule has 1 saturated carbocycles. The van der Waals surface area contributed by atoms with Crippen LogP contribution in [0.4, 0.5) is 0 Å². The van der Waals surface area contributed by atoms with Gasteiger partial charge in [-0.2, -0.15) is 0 Å². The lowest BCUT2D eigenvalue weighted by Gasteiger charge is -2.16. The molecule has 1 unspecified atom stereocenters. The summed E-state index contributed by atoms with van der Waals surface area (Å²) in [5.74, 6) is 0.321. The molecule has 1 atom stereocenters. The second-order valence-electron chi connectivity index (χ2n) is 4.03. The minimum Gasteiger partial charge on any atom is -0.368 e. The zero-order chi connectivity index (χ0) is 10.8. The maximum absolute atomic E-state index is 11.3. The van der Waals surface area contributed by atoms with Crippen LogP contribution in [0.1, 0.15) is 35.9 Å². The molecule has 0 heterocycles. The van der Waals surface area contributed by atoms with E-state index in [1.165, 1.54) is 18.4 Å². The first-order chi connectivity index (χ1) is 7.24. The average Bonchev–Trinajstić information content (AvgIpc) is 3.02. The average molecular weight is 204 g/mol. The Hall–Kier alpha value is -1.35. The molecule has 15 heavy (non-hydrogen) atoms. The van der Waals surface area contributed by atoms with E-state index in [2.05, 4.69) is 11.4 Å². The maximum atomic E-state index is 11.3. The van der Waals surface area contributed by atoms with Crippen LogP contribution in [0.15, 0.2) is 24.3 Å². The summed E-state index contributed by atoms with van der Waals surface area (Å²) in [6.07, 6.45) is 2.46. The van der Waals surface area contributed by atoms with Crippen molar-refractivity contribution in [3.63, 3.8) is 0 Å². The van der Waals surface area contributed by atoms with Crippen molar-refractivity contribution in [3.05, 3.63) is 35.4 Å². The van der Waals surface area contributed by atoms with Crippen LogP contribution in [0.25, 0.3) is 0 Å². The Labute approximate surface area is 89.7 Å². The number of primary amides is 1. The molecule has 2 rings (SSSR count). The van der Waals surface area contributed by atoms with E-state index in [0.717, 1.165) is 5.56 Å². The molecule has 0 spiro atoms. The van der Waals surface area contributed by atoms with Gasteiger partial charge in [0.25, 0.3) is 0 Å². The second-order valence-corrected chi connectivity index (χ2v) is 4.03. The van der Waals surface area contributed by atoms with E-state index in [1.807, 2.05) is 18.2 Å². The number of likely N-dealkylation sites (N-methyl/N-ethyl adjacent to an activating group) is 1. The van der Waals surface area contributed by atoms with Gasteiger partial charge in [-0.1, -0.05) is 24.3 Å². The van der Waals surface area contributed by atoms with Crippen LogP contribution in [-0.4, -0.2) is 13.0 Å². The molecule has 0 aliphatic heterocycles. The van der Waals surface area contributed by atoms with Crippen molar-refractivity contribution in [2.75, 3.05) is 7.05 Å². The third-order valence-corrected chi connectivity index (χ3v) is 2.90. The van der Waals surface area contributed by atoms with E-state index < -0.39 is 0 Å². The minimum atomic E-state index is -0.359. The standard InChI is InChI=1S/C12H16N2O/c1-14-11(12(13)15)10-5-3-2-4-9(10)8-6-7-8/h2-5,8,11,14H,6-7H2,1H3,(H2,13,15). The number of carbonyl (C=O) groups excluding carboxylic acids is 1. The SMILES string of the molecule is CNC(C(N)=O)c1ccccc1C1CC1. The Kier molecular flexibility index (Phi) is 2.73. The van der Waals surface area contributed by atoms with Crippen molar-refractivity contribution in [2.45, 2.75) is 24.8 Å². The summed E-state index contributed by atoms with van der Waals surface area (Å²) in [5.41, 5.74) is 7.68. The highest BCUT2D eigenvalue weighted by atomic mass is 16.1. The van der Waals surface area contributed by atoms with Crippen molar-refractivity contribution in [2.24, 2.45) is 5.73 Å². The number of hydrogen-bond donors (Lipinski definition) is 2. The van der Waals surface area contributed by atoms with Crippen LogP contribution in [0, 0.1) is 0 Å². The highest BCUT2D eigenvalue weighted by Gasteiger charge is 2.29. The summed E-state index contributed by atoms with van der Waals surface area (Å²) < 4.78 is 0. The molecule has 0 radical (unpaired) electrons. The van der Waals surface area contributed by atoms with Gasteiger partial charge in [0.05, 0.1) is 0 Å². The fourth-order valence-electron chi connectivity index (χ4n) is 1.99. The van der Waals surface area contributed by atoms with Crippen molar-refractivity contribution in [1.29, 1.82) is 0 Å². The summed E-state index contributed by atoms with van der Waals surface area (Å²) in [6, 6.07) is 7.70. The predicted octanol–water partition coefficient (Wildman–Crippen LogP) is 1.31. The third kappa shape index (κ3) is 2.02. The first-order valence-electron chi connectivity index (χ1n) is 5.29. The Bertz CT molecular complexity index is 372. The van der Waals surface area contributed by atoms with E-state index in [9.17, 15) is 4.79 Å². The molecule has 0 aromatic heterocycles. The maximum Gasteiger partial charge on any atom is 0.239 e. The topological polar surface area (TPSA) is 55.1 Å². The van der Waals surface area contributed by atoms with Crippen molar-refractivity contribution >= 4 is 5.91 Å². The number of carbonyl (C=O) groups is 1. The van der Waals surface area contributed by atoms with Gasteiger partial charge in [0.1, 0.15) is 6.04 Å². The molecule has 1 aliphatic carbocycles. The first kappa shape index (κ1) is 10.2. The highest BCUT2D eigenvalue weighted by molar-refractivity contribution is 5.82. The lowest BCUT2D eigenvalue weighted by atomic mass is 9.97. The van der Waals surface area contributed by atoms with Gasteiger partial charge in [-0.15, -0.1) is 0 Å². The highest BCUT2D eigenvalue weighted by Crippen LogP contribution is 2.42. The van der Waals surface area contributed by atoms with Crippen LogP contribution in [0.2, 0.25) is 0 Å². The number of rotatable bonds is 4.